The molecule has 1 saturated carbocycles. The van der Waals surface area contributed by atoms with E-state index in [4.69, 9.17) is 4.74 Å². The molecule has 1 unspecified atom stereocenters. The van der Waals surface area contributed by atoms with Gasteiger partial charge in [0.1, 0.15) is 10.3 Å². The molecule has 4 heterocycles. The fourth-order valence-electron chi connectivity index (χ4n) is 5.96. The Morgan fingerprint density at radius 3 is 2.60 bits per heavy atom. The van der Waals surface area contributed by atoms with Crippen molar-refractivity contribution in [2.24, 2.45) is 5.92 Å². The number of hydrogen-bond donors (Lipinski definition) is 1. The van der Waals surface area contributed by atoms with Crippen LogP contribution in [-0.4, -0.2) is 105 Å². The lowest BCUT2D eigenvalue weighted by molar-refractivity contribution is -0.127. The van der Waals surface area contributed by atoms with Gasteiger partial charge in [-0.2, -0.15) is 4.31 Å². The average molecular weight is 628 g/mol. The molecule has 43 heavy (non-hydrogen) atoms. The number of hydrogen-bond acceptors (Lipinski definition) is 9. The number of anilines is 2. The monoisotopic (exact) mass is 627 g/mol. The van der Waals surface area contributed by atoms with Crippen molar-refractivity contribution in [3.63, 3.8) is 0 Å². The van der Waals surface area contributed by atoms with Gasteiger partial charge in [0.05, 0.1) is 12.0 Å². The summed E-state index contributed by atoms with van der Waals surface area (Å²) >= 11 is 1.25. The van der Waals surface area contributed by atoms with E-state index in [1.807, 2.05) is 19.0 Å². The van der Waals surface area contributed by atoms with Crippen molar-refractivity contribution in [1.82, 2.24) is 24.1 Å². The molecule has 230 valence electrons. The zero-order valence-corrected chi connectivity index (χ0v) is 26.5. The summed E-state index contributed by atoms with van der Waals surface area (Å²) in [6, 6.07) is 8.21. The molecule has 0 bridgehead atoms. The molecule has 2 aliphatic heterocycles. The van der Waals surface area contributed by atoms with Crippen LogP contribution in [0.3, 0.4) is 0 Å². The molecule has 1 spiro atoms. The molecular weight excluding hydrogens is 590 g/mol. The van der Waals surface area contributed by atoms with Gasteiger partial charge in [-0.15, -0.1) is 0 Å². The molecule has 3 aliphatic rings. The van der Waals surface area contributed by atoms with Crippen LogP contribution in [0, 0.1) is 5.92 Å². The van der Waals surface area contributed by atoms with Gasteiger partial charge in [-0.25, -0.2) is 23.2 Å². The lowest BCUT2D eigenvalue weighted by Gasteiger charge is -2.26. The summed E-state index contributed by atoms with van der Waals surface area (Å²) in [5, 5.41) is 3.31. The molecule has 6 rings (SSSR count). The summed E-state index contributed by atoms with van der Waals surface area (Å²) < 4.78 is 34.8. The van der Waals surface area contributed by atoms with Gasteiger partial charge >= 0.3 is 6.03 Å². The van der Waals surface area contributed by atoms with E-state index in [-0.39, 0.29) is 16.8 Å². The highest BCUT2D eigenvalue weighted by atomic mass is 32.2. The SMILES string of the molecule is COc1ccc2nc(NC(=O)N3CC4(CCN(C(C)=O)C4)c4cc(S(=O)(=O)N(CCN(C)C)CC5CC5)ccc43)sc2n1. The molecule has 1 atom stereocenters. The predicted octanol–water partition coefficient (Wildman–Crippen LogP) is 3.20. The third-order valence-electron chi connectivity index (χ3n) is 8.58. The van der Waals surface area contributed by atoms with Crippen molar-refractivity contribution in [3.8, 4) is 5.88 Å². The first-order chi connectivity index (χ1) is 20.5. The van der Waals surface area contributed by atoms with E-state index in [1.54, 1.807) is 51.5 Å². The largest absolute Gasteiger partial charge is 0.481 e. The first-order valence-electron chi connectivity index (χ1n) is 14.4. The van der Waals surface area contributed by atoms with Gasteiger partial charge in [0.25, 0.3) is 0 Å². The number of pyridine rings is 1. The highest BCUT2D eigenvalue weighted by Gasteiger charge is 2.50. The van der Waals surface area contributed by atoms with Gasteiger partial charge in [0.2, 0.25) is 21.8 Å². The standard InChI is InChI=1S/C29H37N7O5S2/c1-19(37)34-12-11-29(17-34)18-36(28(38)32-27-30-23-8-10-25(41-4)31-26(23)42-27)24-9-7-21(15-22(24)29)43(39,40)35(14-13-33(2)3)16-20-5-6-20/h7-10,15,20H,5-6,11-14,16-18H2,1-4H3,(H,30,32,38). The number of benzene rings is 1. The average Bonchev–Trinajstić information content (AvgIpc) is 3.41. The number of nitrogens with zero attached hydrogens (tertiary/aromatic N) is 6. The number of thiazole rings is 1. The number of aromatic nitrogens is 2. The van der Waals surface area contributed by atoms with Crippen LogP contribution in [0.5, 0.6) is 5.88 Å². The highest BCUT2D eigenvalue weighted by Crippen LogP contribution is 2.48. The minimum atomic E-state index is -3.77. The van der Waals surface area contributed by atoms with Crippen molar-refractivity contribution in [1.29, 1.82) is 0 Å². The van der Waals surface area contributed by atoms with Crippen molar-refractivity contribution >= 4 is 54.5 Å². The van der Waals surface area contributed by atoms with Gasteiger partial charge in [-0.3, -0.25) is 15.0 Å². The maximum atomic E-state index is 14.0. The van der Waals surface area contributed by atoms with Gasteiger partial charge in [0, 0.05) is 63.4 Å². The van der Waals surface area contributed by atoms with E-state index in [0.29, 0.717) is 78.7 Å². The summed E-state index contributed by atoms with van der Waals surface area (Å²) in [7, 11) is 1.63. The van der Waals surface area contributed by atoms with E-state index in [0.717, 1.165) is 18.4 Å². The molecule has 14 heteroatoms. The number of carbonyl (C=O) groups excluding carboxylic acids is 2. The number of nitrogens with one attached hydrogen (secondary N) is 1. The van der Waals surface area contributed by atoms with Crippen molar-refractivity contribution in [2.75, 3.05) is 70.7 Å². The molecule has 0 radical (unpaired) electrons. The van der Waals surface area contributed by atoms with Crippen LogP contribution in [0.15, 0.2) is 35.2 Å². The topological polar surface area (TPSA) is 128 Å². The molecule has 1 aromatic carbocycles. The maximum absolute atomic E-state index is 14.0. The molecule has 1 N–H and O–H groups in total. The third kappa shape index (κ3) is 5.80. The molecular formula is C29H37N7O5S2. The summed E-state index contributed by atoms with van der Waals surface area (Å²) in [4.78, 5) is 41.2. The lowest BCUT2D eigenvalue weighted by Crippen LogP contribution is -2.41. The van der Waals surface area contributed by atoms with Crippen LogP contribution >= 0.6 is 11.3 Å². The number of fused-ring (bicyclic) bond motifs is 3. The van der Waals surface area contributed by atoms with Crippen LogP contribution < -0.4 is 15.0 Å². The summed E-state index contributed by atoms with van der Waals surface area (Å²) in [6.07, 6.45) is 2.72. The second-order valence-corrected chi connectivity index (χ2v) is 14.9. The molecule has 1 aliphatic carbocycles. The van der Waals surface area contributed by atoms with E-state index >= 15 is 0 Å². The summed E-state index contributed by atoms with van der Waals surface area (Å²) in [5.41, 5.74) is 1.50. The van der Waals surface area contributed by atoms with Crippen LogP contribution in [0.4, 0.5) is 15.6 Å². The Hall–Kier alpha value is -3.33. The summed E-state index contributed by atoms with van der Waals surface area (Å²) in [5.74, 6) is 0.820. The quantitative estimate of drug-likeness (QED) is 0.383. The first kappa shape index (κ1) is 29.7. The van der Waals surface area contributed by atoms with Crippen LogP contribution in [0.1, 0.15) is 31.7 Å². The third-order valence-corrected chi connectivity index (χ3v) is 11.3. The second-order valence-electron chi connectivity index (χ2n) is 12.0. The Morgan fingerprint density at radius 2 is 1.93 bits per heavy atom. The molecule has 2 aromatic heterocycles. The summed E-state index contributed by atoms with van der Waals surface area (Å²) in [6.45, 7) is 4.36. The Bertz CT molecular complexity index is 1670. The maximum Gasteiger partial charge on any atom is 0.328 e. The Balaban J connectivity index is 1.33. The molecule has 12 nitrogen and oxygen atoms in total. The zero-order valence-electron chi connectivity index (χ0n) is 24.9. The van der Waals surface area contributed by atoms with Crippen molar-refractivity contribution < 1.29 is 22.7 Å². The predicted molar refractivity (Wildman–Crippen MR) is 165 cm³/mol. The van der Waals surface area contributed by atoms with Gasteiger partial charge in [-0.05, 0) is 69.1 Å². The van der Waals surface area contributed by atoms with Crippen molar-refractivity contribution in [3.05, 3.63) is 35.9 Å². The van der Waals surface area contributed by atoms with Gasteiger partial charge in [-0.1, -0.05) is 11.3 Å². The molecule has 2 fully saturated rings. The number of urea groups is 1. The minimum Gasteiger partial charge on any atom is -0.481 e. The molecule has 3 aromatic rings. The Kier molecular flexibility index (Phi) is 7.82. The van der Waals surface area contributed by atoms with Gasteiger partial charge < -0.3 is 14.5 Å². The minimum absolute atomic E-state index is 0.0400. The number of carbonyl (C=O) groups is 2. The Morgan fingerprint density at radius 1 is 1.14 bits per heavy atom. The lowest BCUT2D eigenvalue weighted by atomic mass is 9.81. The number of likely N-dealkylation sites (N-methyl/N-ethyl adjacent to an activating group) is 1. The van der Waals surface area contributed by atoms with Crippen LogP contribution in [0.25, 0.3) is 10.3 Å². The Labute approximate surface area is 255 Å². The fourth-order valence-corrected chi connectivity index (χ4v) is 8.32. The number of sulfonamides is 1. The number of rotatable bonds is 9. The van der Waals surface area contributed by atoms with E-state index < -0.39 is 15.4 Å². The fraction of sp³-hybridized carbons (Fsp3) is 0.517. The number of likely N-dealkylation sites (tertiary alicyclic amines) is 1. The van der Waals surface area contributed by atoms with E-state index in [2.05, 4.69) is 15.3 Å². The zero-order chi connectivity index (χ0) is 30.5. The van der Waals surface area contributed by atoms with E-state index in [1.165, 1.54) is 18.3 Å². The van der Waals surface area contributed by atoms with Crippen LogP contribution in [-0.2, 0) is 20.2 Å². The highest BCUT2D eigenvalue weighted by molar-refractivity contribution is 7.89. The normalized spacial score (nSPS) is 20.0. The first-order valence-corrected chi connectivity index (χ1v) is 16.7. The van der Waals surface area contributed by atoms with Crippen LogP contribution in [0.2, 0.25) is 0 Å². The van der Waals surface area contributed by atoms with Crippen molar-refractivity contribution in [2.45, 2.75) is 36.5 Å². The number of methoxy groups -OCH3 is 1. The smallest absolute Gasteiger partial charge is 0.328 e. The van der Waals surface area contributed by atoms with E-state index in [9.17, 15) is 18.0 Å². The number of amides is 3. The number of ether oxygens (including phenoxy) is 1. The second kappa shape index (κ2) is 11.3. The van der Waals surface area contributed by atoms with Gasteiger partial charge in [0.15, 0.2) is 5.13 Å². The molecule has 1 saturated heterocycles. The molecule has 3 amide bonds.